The Kier molecular flexibility index (Phi) is 10.4. The number of aromatic hydroxyl groups is 1. The molecule has 5 nitrogen and oxygen atoms in total. The number of hydrogen-bond acceptors (Lipinski definition) is 4. The van der Waals surface area contributed by atoms with Crippen molar-refractivity contribution < 1.29 is 30.6 Å². The van der Waals surface area contributed by atoms with Crippen LogP contribution in [0.4, 0.5) is 0 Å². The number of nitrogens with zero attached hydrogens (tertiary/aromatic N) is 3. The minimum Gasteiger partial charge on any atom is -0.507 e. The van der Waals surface area contributed by atoms with Crippen LogP contribution in [0.5, 0.6) is 5.75 Å². The van der Waals surface area contributed by atoms with Crippen LogP contribution in [-0.2, 0) is 26.5 Å². The van der Waals surface area contributed by atoms with Gasteiger partial charge in [0.25, 0.3) is 0 Å². The van der Waals surface area contributed by atoms with Gasteiger partial charge in [-0.3, -0.25) is 9.55 Å². The number of pyridine rings is 1. The molecule has 0 amide bonds. The normalized spacial score (nSPS) is 11.6. The Morgan fingerprint density at radius 3 is 1.94 bits per heavy atom. The second-order valence-electron chi connectivity index (χ2n) is 17.1. The van der Waals surface area contributed by atoms with Gasteiger partial charge in [-0.15, -0.1) is 29.3 Å². The molecule has 0 saturated heterocycles. The first kappa shape index (κ1) is 40.7. The van der Waals surface area contributed by atoms with E-state index in [1.807, 2.05) is 42.6 Å². The minimum absolute atomic E-state index is 0. The van der Waals surface area contributed by atoms with E-state index in [9.17, 15) is 5.11 Å². The molecule has 11 aromatic rings. The number of benzene rings is 8. The summed E-state index contributed by atoms with van der Waals surface area (Å²) in [5.41, 5.74) is 15.9. The summed E-state index contributed by atoms with van der Waals surface area (Å²) < 4.78 is 8.38. The number of aromatic nitrogens is 3. The van der Waals surface area contributed by atoms with Gasteiger partial charge in [0.1, 0.15) is 22.7 Å². The Morgan fingerprint density at radius 2 is 1.17 bits per heavy atom. The SMILES string of the molecule is CC(C)(C)c1cc(-c2cc(-c3ccc(-c4ccccc4)cc3)ccn2)[c-]c(-c2cccc3c2nc(-c2cc4c(cc2O)oc2ccccc24)n3-c2ccccc2-c2ccccc2)c1.[Pt]. The first-order valence-corrected chi connectivity index (χ1v) is 21.3. The van der Waals surface area contributed by atoms with E-state index < -0.39 is 0 Å². The summed E-state index contributed by atoms with van der Waals surface area (Å²) in [5.74, 6) is 0.700. The number of furan rings is 1. The molecule has 0 aliphatic rings. The summed E-state index contributed by atoms with van der Waals surface area (Å²) in [4.78, 5) is 10.4. The van der Waals surface area contributed by atoms with E-state index in [1.54, 1.807) is 6.07 Å². The number of imidazole rings is 1. The molecule has 0 bridgehead atoms. The van der Waals surface area contributed by atoms with Crippen molar-refractivity contribution >= 4 is 33.0 Å². The van der Waals surface area contributed by atoms with Crippen molar-refractivity contribution in [2.75, 3.05) is 0 Å². The smallest absolute Gasteiger partial charge is 0.148 e. The van der Waals surface area contributed by atoms with Gasteiger partial charge in [0.15, 0.2) is 0 Å². The van der Waals surface area contributed by atoms with Crippen molar-refractivity contribution in [2.24, 2.45) is 0 Å². The molecule has 0 saturated carbocycles. The predicted octanol–water partition coefficient (Wildman–Crippen LogP) is 15.1. The summed E-state index contributed by atoms with van der Waals surface area (Å²) >= 11 is 0. The van der Waals surface area contributed by atoms with Crippen LogP contribution in [0.25, 0.3) is 106 Å². The first-order valence-electron chi connectivity index (χ1n) is 21.3. The van der Waals surface area contributed by atoms with Crippen LogP contribution in [-0.4, -0.2) is 19.6 Å². The molecular formula is C58H42N3O2Pt-. The molecule has 0 aliphatic carbocycles. The van der Waals surface area contributed by atoms with E-state index in [2.05, 4.69) is 177 Å². The van der Waals surface area contributed by atoms with E-state index in [0.717, 1.165) is 83.3 Å². The average molecular weight is 1010 g/mol. The van der Waals surface area contributed by atoms with Crippen LogP contribution in [0.3, 0.4) is 0 Å². The molecule has 0 fully saturated rings. The van der Waals surface area contributed by atoms with Crippen molar-refractivity contribution in [1.29, 1.82) is 0 Å². The zero-order chi connectivity index (χ0) is 42.7. The van der Waals surface area contributed by atoms with Crippen molar-refractivity contribution in [3.63, 3.8) is 0 Å². The quantitative estimate of drug-likeness (QED) is 0.162. The van der Waals surface area contributed by atoms with Crippen LogP contribution < -0.4 is 0 Å². The van der Waals surface area contributed by atoms with Crippen LogP contribution in [0.15, 0.2) is 199 Å². The van der Waals surface area contributed by atoms with E-state index in [0.29, 0.717) is 17.0 Å². The van der Waals surface area contributed by atoms with Gasteiger partial charge in [0, 0.05) is 55.4 Å². The Morgan fingerprint density at radius 1 is 0.531 bits per heavy atom. The van der Waals surface area contributed by atoms with Crippen molar-refractivity contribution in [2.45, 2.75) is 26.2 Å². The number of hydrogen-bond donors (Lipinski definition) is 1. The van der Waals surface area contributed by atoms with Gasteiger partial charge in [-0.05, 0) is 63.6 Å². The molecule has 3 heterocycles. The summed E-state index contributed by atoms with van der Waals surface area (Å²) in [6, 6.07) is 68.5. The van der Waals surface area contributed by atoms with Gasteiger partial charge in [-0.2, -0.15) is 0 Å². The summed E-state index contributed by atoms with van der Waals surface area (Å²) in [5, 5.41) is 13.8. The predicted molar refractivity (Wildman–Crippen MR) is 258 cm³/mol. The molecule has 1 N–H and O–H groups in total. The van der Waals surface area contributed by atoms with Gasteiger partial charge in [0.05, 0.1) is 22.3 Å². The molecule has 11 rings (SSSR count). The van der Waals surface area contributed by atoms with Gasteiger partial charge in [0.2, 0.25) is 0 Å². The summed E-state index contributed by atoms with van der Waals surface area (Å²) in [7, 11) is 0. The monoisotopic (exact) mass is 1010 g/mol. The number of phenolic OH excluding ortho intramolecular Hbond substituents is 1. The fourth-order valence-electron chi connectivity index (χ4n) is 8.74. The van der Waals surface area contributed by atoms with Gasteiger partial charge in [-0.1, -0.05) is 171 Å². The third-order valence-corrected chi connectivity index (χ3v) is 12.0. The van der Waals surface area contributed by atoms with Gasteiger partial charge in [-0.25, -0.2) is 4.98 Å². The molecule has 6 heteroatoms. The van der Waals surface area contributed by atoms with E-state index in [1.165, 1.54) is 11.1 Å². The van der Waals surface area contributed by atoms with Crippen molar-refractivity contribution in [1.82, 2.24) is 14.5 Å². The van der Waals surface area contributed by atoms with Crippen LogP contribution >= 0.6 is 0 Å². The van der Waals surface area contributed by atoms with Gasteiger partial charge >= 0.3 is 0 Å². The standard InChI is InChI=1S/C58H42N3O2.Pt/c1-58(2,3)44-32-42(31-43(33-44)50-34-41(29-30-59-50)39-27-25-38(26-28-39)37-15-6-4-7-16-37)46-21-14-23-52-56(46)60-57(61(52)51-22-12-10-19-45(51)40-17-8-5-9-18-40)49-35-48-47-20-11-13-24-54(47)63-55(48)36-53(49)62;/h4-30,32-36,62H,1-3H3;/q-1;. The molecule has 312 valence electrons. The Labute approximate surface area is 386 Å². The van der Waals surface area contributed by atoms with Crippen LogP contribution in [0.2, 0.25) is 0 Å². The molecule has 0 atom stereocenters. The molecule has 0 aliphatic heterocycles. The zero-order valence-electron chi connectivity index (χ0n) is 35.5. The maximum absolute atomic E-state index is 11.9. The molecular weight excluding hydrogens is 966 g/mol. The molecule has 64 heavy (non-hydrogen) atoms. The van der Waals surface area contributed by atoms with E-state index in [4.69, 9.17) is 14.4 Å². The summed E-state index contributed by atoms with van der Waals surface area (Å²) in [6.07, 6.45) is 1.89. The second kappa shape index (κ2) is 16.4. The fraction of sp³-hybridized carbons (Fsp3) is 0.0690. The molecule has 8 aromatic carbocycles. The molecule has 0 spiro atoms. The zero-order valence-corrected chi connectivity index (χ0v) is 37.8. The average Bonchev–Trinajstić information content (AvgIpc) is 3.89. The van der Waals surface area contributed by atoms with Crippen molar-refractivity contribution in [3.05, 3.63) is 206 Å². The number of phenols is 1. The third-order valence-electron chi connectivity index (χ3n) is 12.0. The number of fused-ring (bicyclic) bond motifs is 4. The Hall–Kier alpha value is -7.33. The van der Waals surface area contributed by atoms with E-state index >= 15 is 0 Å². The topological polar surface area (TPSA) is 64.1 Å². The largest absolute Gasteiger partial charge is 0.507 e. The van der Waals surface area contributed by atoms with Crippen molar-refractivity contribution in [3.8, 4) is 78.6 Å². The number of para-hydroxylation sites is 3. The first-order chi connectivity index (χ1) is 30.8. The maximum atomic E-state index is 11.9. The number of rotatable bonds is 7. The minimum atomic E-state index is -0.176. The third kappa shape index (κ3) is 7.32. The molecule has 3 aromatic heterocycles. The maximum Gasteiger partial charge on any atom is 0.148 e. The molecule has 0 radical (unpaired) electrons. The Bertz CT molecular complexity index is 3490. The van der Waals surface area contributed by atoms with E-state index in [-0.39, 0.29) is 32.2 Å². The van der Waals surface area contributed by atoms with Crippen LogP contribution in [0, 0.1) is 6.07 Å². The summed E-state index contributed by atoms with van der Waals surface area (Å²) in [6.45, 7) is 6.71. The fourth-order valence-corrected chi connectivity index (χ4v) is 8.74. The Balaban J connectivity index is 0.00000484. The van der Waals surface area contributed by atoms with Gasteiger partial charge < -0.3 is 9.52 Å². The van der Waals surface area contributed by atoms with Crippen LogP contribution in [0.1, 0.15) is 26.3 Å². The molecule has 0 unspecified atom stereocenters. The second-order valence-corrected chi connectivity index (χ2v) is 17.1.